The van der Waals surface area contributed by atoms with Gasteiger partial charge in [0.2, 0.25) is 5.91 Å². The van der Waals surface area contributed by atoms with Gasteiger partial charge in [-0.05, 0) is 37.5 Å². The molecule has 6 heteroatoms. The molecule has 0 aromatic heterocycles. The summed E-state index contributed by atoms with van der Waals surface area (Å²) in [4.78, 5) is 36.8. The molecule has 0 spiro atoms. The van der Waals surface area contributed by atoms with E-state index in [1.807, 2.05) is 45.9 Å². The van der Waals surface area contributed by atoms with Gasteiger partial charge in [-0.2, -0.15) is 0 Å². The molecular formula is C17H25N3O3. The predicted octanol–water partition coefficient (Wildman–Crippen LogP) is 1.73. The Balaban J connectivity index is 2.64. The van der Waals surface area contributed by atoms with Crippen LogP contribution < -0.4 is 10.6 Å². The highest BCUT2D eigenvalue weighted by Crippen LogP contribution is 2.18. The van der Waals surface area contributed by atoms with E-state index in [1.165, 1.54) is 7.05 Å². The number of likely N-dealkylation sites (N-methyl/N-ethyl adjacent to an activating group) is 1. The van der Waals surface area contributed by atoms with Crippen LogP contribution >= 0.6 is 0 Å². The van der Waals surface area contributed by atoms with Gasteiger partial charge in [-0.15, -0.1) is 0 Å². The third kappa shape index (κ3) is 6.10. The van der Waals surface area contributed by atoms with E-state index in [4.69, 9.17) is 0 Å². The fourth-order valence-electron chi connectivity index (χ4n) is 1.99. The summed E-state index contributed by atoms with van der Waals surface area (Å²) in [5.41, 5.74) is 1.63. The highest BCUT2D eigenvalue weighted by molar-refractivity contribution is 6.39. The molecule has 3 amide bonds. The molecule has 0 heterocycles. The molecular weight excluding hydrogens is 294 g/mol. The van der Waals surface area contributed by atoms with Gasteiger partial charge in [0.1, 0.15) is 0 Å². The van der Waals surface area contributed by atoms with Gasteiger partial charge < -0.3 is 15.5 Å². The molecule has 126 valence electrons. The first-order valence-corrected chi connectivity index (χ1v) is 7.66. The maximum atomic E-state index is 12.0. The van der Waals surface area contributed by atoms with Crippen molar-refractivity contribution >= 4 is 23.4 Å². The molecule has 1 aromatic carbocycles. The Labute approximate surface area is 137 Å². The monoisotopic (exact) mass is 319 g/mol. The van der Waals surface area contributed by atoms with Gasteiger partial charge in [0.15, 0.2) is 0 Å². The van der Waals surface area contributed by atoms with Crippen LogP contribution in [-0.2, 0) is 14.4 Å². The summed E-state index contributed by atoms with van der Waals surface area (Å²) in [6, 6.07) is 7.34. The molecule has 1 aromatic rings. The van der Waals surface area contributed by atoms with Crippen LogP contribution in [0, 0.1) is 0 Å². The fraction of sp³-hybridized carbons (Fsp3) is 0.471. The van der Waals surface area contributed by atoms with Gasteiger partial charge >= 0.3 is 11.8 Å². The zero-order chi connectivity index (χ0) is 17.6. The van der Waals surface area contributed by atoms with E-state index in [-0.39, 0.29) is 18.5 Å². The number of nitrogens with zero attached hydrogens (tertiary/aromatic N) is 1. The minimum atomic E-state index is -0.759. The maximum absolute atomic E-state index is 12.0. The van der Waals surface area contributed by atoms with Crippen LogP contribution in [-0.4, -0.2) is 42.3 Å². The quantitative estimate of drug-likeness (QED) is 0.811. The minimum Gasteiger partial charge on any atom is -0.352 e. The highest BCUT2D eigenvalue weighted by Gasteiger charge is 2.21. The van der Waals surface area contributed by atoms with Crippen molar-refractivity contribution in [3.05, 3.63) is 29.8 Å². The molecule has 0 aliphatic heterocycles. The lowest BCUT2D eigenvalue weighted by Crippen LogP contribution is -2.44. The van der Waals surface area contributed by atoms with E-state index in [1.54, 1.807) is 6.07 Å². The molecule has 23 heavy (non-hydrogen) atoms. The van der Waals surface area contributed by atoms with Crippen molar-refractivity contribution in [3.8, 4) is 0 Å². The number of nitrogens with one attached hydrogen (secondary N) is 2. The van der Waals surface area contributed by atoms with E-state index >= 15 is 0 Å². The summed E-state index contributed by atoms with van der Waals surface area (Å²) in [6.07, 6.45) is 0. The minimum absolute atomic E-state index is 0.0152. The van der Waals surface area contributed by atoms with Crippen molar-refractivity contribution in [3.63, 3.8) is 0 Å². The summed E-state index contributed by atoms with van der Waals surface area (Å²) in [5, 5.41) is 5.24. The first-order chi connectivity index (χ1) is 10.7. The van der Waals surface area contributed by atoms with Gasteiger partial charge in [0.25, 0.3) is 0 Å². The van der Waals surface area contributed by atoms with Crippen LogP contribution in [0.1, 0.15) is 39.2 Å². The molecule has 0 radical (unpaired) electrons. The molecule has 6 nitrogen and oxygen atoms in total. The summed E-state index contributed by atoms with van der Waals surface area (Å²) in [6.45, 7) is 7.60. The third-order valence-electron chi connectivity index (χ3n) is 3.18. The van der Waals surface area contributed by atoms with E-state index in [0.29, 0.717) is 11.6 Å². The number of rotatable bonds is 5. The SMILES string of the molecule is CC(C)NC(=O)CN(C)C(=O)C(=O)Nc1cccc(C(C)C)c1. The average Bonchev–Trinajstić information content (AvgIpc) is 2.45. The van der Waals surface area contributed by atoms with E-state index < -0.39 is 11.8 Å². The number of carbonyl (C=O) groups is 3. The van der Waals surface area contributed by atoms with E-state index in [2.05, 4.69) is 10.6 Å². The van der Waals surface area contributed by atoms with Gasteiger partial charge in [0.05, 0.1) is 6.54 Å². The molecule has 0 saturated heterocycles. The third-order valence-corrected chi connectivity index (χ3v) is 3.18. The molecule has 0 saturated carbocycles. The number of benzene rings is 1. The number of carbonyl (C=O) groups excluding carboxylic acids is 3. The van der Waals surface area contributed by atoms with Crippen LogP contribution in [0.4, 0.5) is 5.69 Å². The summed E-state index contributed by atoms with van der Waals surface area (Å²) in [7, 11) is 1.42. The normalized spacial score (nSPS) is 10.6. The van der Waals surface area contributed by atoms with Crippen molar-refractivity contribution in [1.29, 1.82) is 0 Å². The average molecular weight is 319 g/mol. The molecule has 0 atom stereocenters. The lowest BCUT2D eigenvalue weighted by atomic mass is 10.0. The molecule has 0 unspecified atom stereocenters. The molecule has 2 N–H and O–H groups in total. The van der Waals surface area contributed by atoms with Crippen LogP contribution in [0.3, 0.4) is 0 Å². The highest BCUT2D eigenvalue weighted by atomic mass is 16.2. The molecule has 1 rings (SSSR count). The van der Waals surface area contributed by atoms with Crippen molar-refractivity contribution in [1.82, 2.24) is 10.2 Å². The molecule has 0 aliphatic carbocycles. The standard InChI is InChI=1S/C17H25N3O3/c1-11(2)13-7-6-8-14(9-13)19-16(22)17(23)20(5)10-15(21)18-12(3)4/h6-9,11-12H,10H2,1-5H3,(H,18,21)(H,19,22). The Bertz CT molecular complexity index is 582. The summed E-state index contributed by atoms with van der Waals surface area (Å²) >= 11 is 0. The van der Waals surface area contributed by atoms with Crippen LogP contribution in [0.5, 0.6) is 0 Å². The van der Waals surface area contributed by atoms with Crippen molar-refractivity contribution in [2.75, 3.05) is 18.9 Å². The van der Waals surface area contributed by atoms with E-state index in [0.717, 1.165) is 10.5 Å². The Morgan fingerprint density at radius 2 is 1.78 bits per heavy atom. The fourth-order valence-corrected chi connectivity index (χ4v) is 1.99. The maximum Gasteiger partial charge on any atom is 0.313 e. The van der Waals surface area contributed by atoms with Crippen molar-refractivity contribution in [2.45, 2.75) is 39.7 Å². The Morgan fingerprint density at radius 3 is 2.35 bits per heavy atom. The smallest absolute Gasteiger partial charge is 0.313 e. The lowest BCUT2D eigenvalue weighted by molar-refractivity contribution is -0.143. The second-order valence-electron chi connectivity index (χ2n) is 6.12. The number of hydrogen-bond donors (Lipinski definition) is 2. The zero-order valence-electron chi connectivity index (χ0n) is 14.3. The van der Waals surface area contributed by atoms with Crippen LogP contribution in [0.15, 0.2) is 24.3 Å². The first-order valence-electron chi connectivity index (χ1n) is 7.66. The van der Waals surface area contributed by atoms with Crippen molar-refractivity contribution in [2.24, 2.45) is 0 Å². The van der Waals surface area contributed by atoms with Gasteiger partial charge in [-0.1, -0.05) is 26.0 Å². The molecule has 0 aliphatic rings. The largest absolute Gasteiger partial charge is 0.352 e. The van der Waals surface area contributed by atoms with Gasteiger partial charge in [-0.3, -0.25) is 14.4 Å². The number of amides is 3. The number of hydrogen-bond acceptors (Lipinski definition) is 3. The van der Waals surface area contributed by atoms with E-state index in [9.17, 15) is 14.4 Å². The predicted molar refractivity (Wildman–Crippen MR) is 90.1 cm³/mol. The van der Waals surface area contributed by atoms with Gasteiger partial charge in [0, 0.05) is 18.8 Å². The lowest BCUT2D eigenvalue weighted by Gasteiger charge is -2.17. The first kappa shape index (κ1) is 18.7. The Morgan fingerprint density at radius 1 is 1.13 bits per heavy atom. The second-order valence-corrected chi connectivity index (χ2v) is 6.12. The summed E-state index contributed by atoms with van der Waals surface area (Å²) in [5.74, 6) is -1.49. The molecule has 0 fully saturated rings. The Hall–Kier alpha value is -2.37. The zero-order valence-corrected chi connectivity index (χ0v) is 14.3. The van der Waals surface area contributed by atoms with Crippen molar-refractivity contribution < 1.29 is 14.4 Å². The molecule has 0 bridgehead atoms. The Kier molecular flexibility index (Phi) is 6.75. The van der Waals surface area contributed by atoms with Crippen LogP contribution in [0.2, 0.25) is 0 Å². The van der Waals surface area contributed by atoms with Crippen LogP contribution in [0.25, 0.3) is 0 Å². The number of anilines is 1. The summed E-state index contributed by atoms with van der Waals surface area (Å²) < 4.78 is 0. The topological polar surface area (TPSA) is 78.5 Å². The van der Waals surface area contributed by atoms with Gasteiger partial charge in [-0.25, -0.2) is 0 Å². The second kappa shape index (κ2) is 8.31.